The van der Waals surface area contributed by atoms with Crippen LogP contribution < -0.4 is 33.2 Å². The van der Waals surface area contributed by atoms with Gasteiger partial charge in [-0.25, -0.2) is 14.8 Å². The fourth-order valence-electron chi connectivity index (χ4n) is 14.0. The van der Waals surface area contributed by atoms with Crippen LogP contribution in [0.4, 0.5) is 22.7 Å². The minimum absolute atomic E-state index is 0.0227. The number of hydrogen-bond acceptors (Lipinski definition) is 22. The Hall–Kier alpha value is -13.4. The van der Waals surface area contributed by atoms with Crippen molar-refractivity contribution in [2.75, 3.05) is 49.9 Å². The van der Waals surface area contributed by atoms with Gasteiger partial charge in [0, 0.05) is 161 Å². The Morgan fingerprint density at radius 2 is 0.893 bits per heavy atom. The SMILES string of the molecule is CCCN(CCC)C(=O)C1=Cc2ccc(C(=O)Nc3cncc(CCC(=O)[C@@H](N)Cc4ccccc4)c3)cc2N=C(N)C1.CCCN(CCC)C(=O)C1=Cc2ccc(C(=O)Nc3cncc(CCC(=O)[C@H](Cc4ccccc4)NC(=O)CCCCCN4C(=O)C=CC4=O)c3)cc2N=C(N)C1.O=C(CCCCCN1C(=O)C=CC1=O)ON1C(=O)CCC1=O. The van der Waals surface area contributed by atoms with E-state index in [-0.39, 0.29) is 122 Å². The second-order valence-electron chi connectivity index (χ2n) is 30.1. The number of aromatic nitrogens is 2. The summed E-state index contributed by atoms with van der Waals surface area (Å²) in [7, 11) is 0. The highest BCUT2D eigenvalue weighted by Gasteiger charge is 2.34. The van der Waals surface area contributed by atoms with Crippen molar-refractivity contribution in [3.05, 3.63) is 214 Å². The summed E-state index contributed by atoms with van der Waals surface area (Å²) in [5.74, 6) is -3.55. The number of nitrogens with one attached hydrogen (secondary N) is 3. The molecule has 11 rings (SSSR count). The maximum absolute atomic E-state index is 13.6. The number of fused-ring (bicyclic) bond motifs is 2. The quantitative estimate of drug-likeness (QED) is 0.0154. The standard InChI is InChI=1S/C44H51N7O6.C34H40N6O3.C14H16N2O6/c1-3-20-50(21-4-2)44(57)34-25-32-15-16-33(26-36(32)48-39(45)27-34)43(56)47-35-23-31(28-46-29-35)14-17-38(52)37(24-30-11-7-5-8-12-30)49-40(53)13-9-6-10-22-51-41(54)18-19-42(51)55;1-3-14-40(15-4-2)34(43)27-18-25-11-12-26(19-30(25)39-32(36)20-27)33(42)38-28-16-24(21-37-22-28)10-13-31(41)29(35)17-23-8-6-5-7-9-23;17-10-5-6-11(18)15(10)9-3-1-2-4-14(21)22-16-12(19)7-8-13(16)20/h5,7-8,11-12,15-16,18-19,23,25-26,28-29,37H,3-4,6,9-10,13-14,17,20-22,24,27H2,1-2H3,(H2,45,48)(H,47,56)(H,49,53);5-9,11-12,16,18-19,21-22,29H,3-4,10,13-15,17,20,35H2,1-2H3,(H2,36,39)(H,38,42);5-6H,1-4,7-9H2/t37-;29-;/m00./s1. The van der Waals surface area contributed by atoms with E-state index in [1.165, 1.54) is 35.4 Å². The maximum atomic E-state index is 13.6. The molecular weight excluding hydrogens is 1560 g/mol. The molecule has 9 N–H and O–H groups in total. The number of Topliss-reactive ketones (excluding diaryl/α,β-unsaturated/α-hetero) is 2. The van der Waals surface area contributed by atoms with Crippen LogP contribution in [0.15, 0.2) is 179 Å². The van der Waals surface area contributed by atoms with Gasteiger partial charge in [0.15, 0.2) is 5.78 Å². The number of amidine groups is 2. The normalized spacial score (nSPS) is 14.4. The van der Waals surface area contributed by atoms with Crippen molar-refractivity contribution in [3.8, 4) is 0 Å². The number of carbonyl (C=O) groups excluding carboxylic acids is 14. The monoisotopic (exact) mass is 1660 g/mol. The van der Waals surface area contributed by atoms with Crippen LogP contribution in [0.3, 0.4) is 0 Å². The zero-order chi connectivity index (χ0) is 87.6. The molecule has 5 aliphatic heterocycles. The van der Waals surface area contributed by atoms with Gasteiger partial charge >= 0.3 is 5.97 Å². The van der Waals surface area contributed by atoms with Crippen LogP contribution in [0.5, 0.6) is 0 Å². The number of hydroxylamine groups is 2. The Morgan fingerprint density at radius 1 is 0.475 bits per heavy atom. The Labute approximate surface area is 709 Å². The molecule has 0 spiro atoms. The molecule has 30 heteroatoms. The number of nitrogens with two attached hydrogens (primary N) is 3. The van der Waals surface area contributed by atoms with Crippen LogP contribution in [0.25, 0.3) is 12.2 Å². The second-order valence-corrected chi connectivity index (χ2v) is 30.1. The number of imide groups is 3. The lowest BCUT2D eigenvalue weighted by atomic mass is 9.97. The van der Waals surface area contributed by atoms with Crippen LogP contribution in [0.2, 0.25) is 0 Å². The highest BCUT2D eigenvalue weighted by atomic mass is 16.7. The van der Waals surface area contributed by atoms with Crippen LogP contribution in [0.1, 0.15) is 197 Å². The largest absolute Gasteiger partial charge is 0.387 e. The van der Waals surface area contributed by atoms with E-state index in [4.69, 9.17) is 22.0 Å². The molecule has 7 heterocycles. The molecule has 30 nitrogen and oxygen atoms in total. The number of unbranched alkanes of at least 4 members (excludes halogenated alkanes) is 4. The molecule has 6 aromatic rings. The number of hydrogen-bond donors (Lipinski definition) is 6. The molecule has 1 saturated heterocycles. The highest BCUT2D eigenvalue weighted by molar-refractivity contribution is 6.14. The van der Waals surface area contributed by atoms with Crippen molar-refractivity contribution >= 4 is 129 Å². The van der Waals surface area contributed by atoms with Crippen LogP contribution in [-0.4, -0.2) is 180 Å². The van der Waals surface area contributed by atoms with Crippen LogP contribution in [-0.2, 0) is 88.1 Å². The molecule has 0 bridgehead atoms. The van der Waals surface area contributed by atoms with E-state index in [2.05, 4.69) is 35.9 Å². The fraction of sp³-hybridized carbons (Fsp3) is 0.370. The third-order valence-corrected chi connectivity index (χ3v) is 20.3. The first kappa shape index (κ1) is 92.5. The van der Waals surface area contributed by atoms with Crippen LogP contribution >= 0.6 is 0 Å². The lowest BCUT2D eigenvalue weighted by molar-refractivity contribution is -0.197. The number of rotatable bonds is 40. The van der Waals surface area contributed by atoms with E-state index in [1.807, 2.05) is 104 Å². The summed E-state index contributed by atoms with van der Waals surface area (Å²) in [4.78, 5) is 201. The van der Waals surface area contributed by atoms with Crippen molar-refractivity contribution in [1.29, 1.82) is 0 Å². The van der Waals surface area contributed by atoms with E-state index in [9.17, 15) is 67.1 Å². The maximum Gasteiger partial charge on any atom is 0.333 e. The van der Waals surface area contributed by atoms with E-state index < -0.39 is 29.9 Å². The van der Waals surface area contributed by atoms with Crippen molar-refractivity contribution < 1.29 is 72.0 Å². The summed E-state index contributed by atoms with van der Waals surface area (Å²) in [6, 6.07) is 31.7. The molecule has 2 atom stereocenters. The van der Waals surface area contributed by atoms with Gasteiger partial charge in [0.1, 0.15) is 17.5 Å². The van der Waals surface area contributed by atoms with E-state index in [1.54, 1.807) is 73.2 Å². The molecule has 0 saturated carbocycles. The van der Waals surface area contributed by atoms with Gasteiger partial charge in [0.05, 0.1) is 47.2 Å². The average Bonchev–Trinajstić information content (AvgIpc) is 1.79. The molecule has 640 valence electrons. The molecule has 122 heavy (non-hydrogen) atoms. The summed E-state index contributed by atoms with van der Waals surface area (Å²) < 4.78 is 0. The number of pyridine rings is 2. The number of aliphatic imine (C=N–C) groups is 2. The fourth-order valence-corrected chi connectivity index (χ4v) is 14.0. The highest BCUT2D eigenvalue weighted by Crippen LogP contribution is 2.32. The number of ketones is 2. The molecule has 4 aromatic carbocycles. The summed E-state index contributed by atoms with van der Waals surface area (Å²) in [5, 5.41) is 9.21. The minimum Gasteiger partial charge on any atom is -0.387 e. The van der Waals surface area contributed by atoms with Gasteiger partial charge in [-0.05, 0) is 148 Å². The number of amides is 11. The minimum atomic E-state index is -0.734. The summed E-state index contributed by atoms with van der Waals surface area (Å²) >= 11 is 0. The number of benzene rings is 4. The zero-order valence-corrected chi connectivity index (χ0v) is 69.5. The van der Waals surface area contributed by atoms with Gasteiger partial charge < -0.3 is 47.8 Å². The molecule has 0 aliphatic carbocycles. The Kier molecular flexibility index (Phi) is 35.5. The molecule has 1 fully saturated rings. The molecule has 5 aliphatic rings. The molecule has 11 amide bonds. The number of anilines is 2. The molecule has 0 unspecified atom stereocenters. The van der Waals surface area contributed by atoms with Gasteiger partial charge in [0.25, 0.3) is 47.3 Å². The van der Waals surface area contributed by atoms with Gasteiger partial charge in [-0.2, -0.15) is 0 Å². The van der Waals surface area contributed by atoms with E-state index in [0.29, 0.717) is 165 Å². The van der Waals surface area contributed by atoms with Gasteiger partial charge in [0.2, 0.25) is 17.7 Å². The van der Waals surface area contributed by atoms with Gasteiger partial charge in [-0.15, -0.1) is 5.06 Å². The summed E-state index contributed by atoms with van der Waals surface area (Å²) in [6.45, 7) is 11.5. The Balaban J connectivity index is 0.000000228. The second kappa shape index (κ2) is 46.8. The third kappa shape index (κ3) is 28.1. The lowest BCUT2D eigenvalue weighted by Gasteiger charge is -2.22. The Morgan fingerprint density at radius 3 is 1.33 bits per heavy atom. The molecular formula is C92H107N15O15. The number of nitrogens with zero attached hydrogens (tertiary/aromatic N) is 9. The van der Waals surface area contributed by atoms with E-state index in [0.717, 1.165) is 58.4 Å². The average molecular weight is 1660 g/mol. The topological polar surface area (TPSA) is 429 Å². The Bertz CT molecular complexity index is 4970. The van der Waals surface area contributed by atoms with E-state index >= 15 is 0 Å². The zero-order valence-electron chi connectivity index (χ0n) is 69.5. The van der Waals surface area contributed by atoms with Crippen LogP contribution in [0, 0.1) is 0 Å². The summed E-state index contributed by atoms with van der Waals surface area (Å²) in [5.41, 5.74) is 27.4. The van der Waals surface area contributed by atoms with Crippen molar-refractivity contribution in [2.45, 2.75) is 181 Å². The molecule has 0 radical (unpaired) electrons. The number of aryl methyl sites for hydroxylation is 2. The van der Waals surface area contributed by atoms with Crippen molar-refractivity contribution in [2.24, 2.45) is 27.2 Å². The first-order valence-electron chi connectivity index (χ1n) is 41.6. The number of carbonyl (C=O) groups is 14. The van der Waals surface area contributed by atoms with Crippen molar-refractivity contribution in [3.63, 3.8) is 0 Å². The smallest absolute Gasteiger partial charge is 0.333 e. The predicted molar refractivity (Wildman–Crippen MR) is 462 cm³/mol. The predicted octanol–water partition coefficient (Wildman–Crippen LogP) is 10.4. The third-order valence-electron chi connectivity index (χ3n) is 20.3. The first-order valence-corrected chi connectivity index (χ1v) is 41.6. The van der Waals surface area contributed by atoms with Gasteiger partial charge in [-0.1, -0.05) is 113 Å². The summed E-state index contributed by atoms with van der Waals surface area (Å²) in [6.07, 6.45) is 24.8. The first-order chi connectivity index (χ1) is 58.8. The molecule has 2 aromatic heterocycles. The lowest BCUT2D eigenvalue weighted by Crippen LogP contribution is -2.42. The van der Waals surface area contributed by atoms with Gasteiger partial charge in [-0.3, -0.25) is 82.1 Å². The van der Waals surface area contributed by atoms with Crippen molar-refractivity contribution in [1.82, 2.24) is 39.9 Å².